The molecule has 3 heterocycles. The molecule has 0 aromatic heterocycles. The Bertz CT molecular complexity index is 646. The summed E-state index contributed by atoms with van der Waals surface area (Å²) in [7, 11) is 0. The number of likely N-dealkylation sites (tertiary alicyclic amines) is 2. The Morgan fingerprint density at radius 1 is 0.923 bits per heavy atom. The van der Waals surface area contributed by atoms with Crippen molar-refractivity contribution in [3.63, 3.8) is 0 Å². The summed E-state index contributed by atoms with van der Waals surface area (Å²) in [5.41, 5.74) is 1.56. The fourth-order valence-electron chi connectivity index (χ4n) is 4.40. The van der Waals surface area contributed by atoms with Gasteiger partial charge in [-0.05, 0) is 63.0 Å². The molecule has 0 radical (unpaired) electrons. The Morgan fingerprint density at radius 2 is 1.62 bits per heavy atom. The molecule has 140 valence electrons. The molecule has 0 bridgehead atoms. The third-order valence-corrected chi connectivity index (χ3v) is 5.94. The molecular formula is C20H28N4O2. The van der Waals surface area contributed by atoms with Gasteiger partial charge in [-0.1, -0.05) is 6.42 Å². The van der Waals surface area contributed by atoms with Crippen molar-refractivity contribution in [2.24, 2.45) is 0 Å². The van der Waals surface area contributed by atoms with Gasteiger partial charge in [-0.3, -0.25) is 9.69 Å². The molecule has 3 aliphatic rings. The summed E-state index contributed by atoms with van der Waals surface area (Å²) in [5, 5.41) is 2.80. The third-order valence-electron chi connectivity index (χ3n) is 5.94. The van der Waals surface area contributed by atoms with E-state index >= 15 is 0 Å². The van der Waals surface area contributed by atoms with Crippen LogP contribution < -0.4 is 10.2 Å². The SMILES string of the molecule is O=C(c1ccc(N2CCNC2=O)cc1)N1CCC(N2CCCCC2)CC1. The van der Waals surface area contributed by atoms with Crippen molar-refractivity contribution in [1.29, 1.82) is 0 Å². The second-order valence-electron chi connectivity index (χ2n) is 7.55. The molecule has 1 aromatic carbocycles. The smallest absolute Gasteiger partial charge is 0.321 e. The van der Waals surface area contributed by atoms with E-state index in [4.69, 9.17) is 0 Å². The van der Waals surface area contributed by atoms with Gasteiger partial charge in [-0.15, -0.1) is 0 Å². The van der Waals surface area contributed by atoms with Gasteiger partial charge in [0.1, 0.15) is 0 Å². The first-order valence-electron chi connectivity index (χ1n) is 9.91. The molecule has 4 rings (SSSR count). The van der Waals surface area contributed by atoms with E-state index in [2.05, 4.69) is 10.2 Å². The van der Waals surface area contributed by atoms with E-state index in [1.807, 2.05) is 29.2 Å². The minimum atomic E-state index is -0.0659. The molecule has 3 saturated heterocycles. The van der Waals surface area contributed by atoms with Crippen LogP contribution >= 0.6 is 0 Å². The third kappa shape index (κ3) is 3.56. The summed E-state index contributed by atoms with van der Waals surface area (Å²) in [6.07, 6.45) is 6.17. The van der Waals surface area contributed by atoms with E-state index in [0.29, 0.717) is 24.7 Å². The molecule has 0 spiro atoms. The summed E-state index contributed by atoms with van der Waals surface area (Å²) < 4.78 is 0. The Morgan fingerprint density at radius 3 is 2.23 bits per heavy atom. The number of urea groups is 1. The van der Waals surface area contributed by atoms with Gasteiger partial charge < -0.3 is 15.1 Å². The van der Waals surface area contributed by atoms with Gasteiger partial charge in [0.25, 0.3) is 5.91 Å². The predicted octanol–water partition coefficient (Wildman–Crippen LogP) is 2.31. The number of rotatable bonds is 3. The van der Waals surface area contributed by atoms with Crippen LogP contribution in [0, 0.1) is 0 Å². The lowest BCUT2D eigenvalue weighted by atomic mass is 9.99. The maximum absolute atomic E-state index is 12.8. The summed E-state index contributed by atoms with van der Waals surface area (Å²) in [6, 6.07) is 8.02. The molecular weight excluding hydrogens is 328 g/mol. The van der Waals surface area contributed by atoms with E-state index in [1.54, 1.807) is 4.90 Å². The van der Waals surface area contributed by atoms with E-state index in [9.17, 15) is 9.59 Å². The van der Waals surface area contributed by atoms with Crippen LogP contribution in [0.15, 0.2) is 24.3 Å². The molecule has 3 amide bonds. The van der Waals surface area contributed by atoms with Crippen LogP contribution in [0.3, 0.4) is 0 Å². The van der Waals surface area contributed by atoms with Gasteiger partial charge in [0.2, 0.25) is 0 Å². The number of nitrogens with zero attached hydrogens (tertiary/aromatic N) is 3. The Kier molecular flexibility index (Phi) is 5.11. The highest BCUT2D eigenvalue weighted by Gasteiger charge is 2.28. The highest BCUT2D eigenvalue weighted by molar-refractivity contribution is 5.97. The number of amides is 3. The molecule has 0 saturated carbocycles. The summed E-state index contributed by atoms with van der Waals surface area (Å²) in [6.45, 7) is 5.49. The Labute approximate surface area is 155 Å². The van der Waals surface area contributed by atoms with Crippen molar-refractivity contribution >= 4 is 17.6 Å². The van der Waals surface area contributed by atoms with Gasteiger partial charge in [0.15, 0.2) is 0 Å². The highest BCUT2D eigenvalue weighted by atomic mass is 16.2. The monoisotopic (exact) mass is 356 g/mol. The second kappa shape index (κ2) is 7.66. The van der Waals surface area contributed by atoms with E-state index in [1.165, 1.54) is 32.4 Å². The molecule has 0 aliphatic carbocycles. The molecule has 3 aliphatic heterocycles. The molecule has 3 fully saturated rings. The van der Waals surface area contributed by atoms with Crippen LogP contribution in [0.4, 0.5) is 10.5 Å². The van der Waals surface area contributed by atoms with Crippen LogP contribution in [-0.4, -0.2) is 67.0 Å². The first-order valence-corrected chi connectivity index (χ1v) is 9.91. The molecule has 6 heteroatoms. The lowest BCUT2D eigenvalue weighted by Gasteiger charge is -2.40. The maximum Gasteiger partial charge on any atom is 0.321 e. The lowest BCUT2D eigenvalue weighted by molar-refractivity contribution is 0.0590. The fourth-order valence-corrected chi connectivity index (χ4v) is 4.40. The van der Waals surface area contributed by atoms with E-state index in [-0.39, 0.29) is 11.9 Å². The van der Waals surface area contributed by atoms with Crippen LogP contribution in [0.25, 0.3) is 0 Å². The van der Waals surface area contributed by atoms with Crippen molar-refractivity contribution < 1.29 is 9.59 Å². The lowest BCUT2D eigenvalue weighted by Crippen LogP contribution is -2.48. The van der Waals surface area contributed by atoms with Crippen molar-refractivity contribution in [3.05, 3.63) is 29.8 Å². The van der Waals surface area contributed by atoms with Crippen molar-refractivity contribution in [3.8, 4) is 0 Å². The van der Waals surface area contributed by atoms with Crippen molar-refractivity contribution in [2.75, 3.05) is 44.2 Å². The fraction of sp³-hybridized carbons (Fsp3) is 0.600. The number of nitrogens with one attached hydrogen (secondary N) is 1. The molecule has 26 heavy (non-hydrogen) atoms. The largest absolute Gasteiger partial charge is 0.339 e. The standard InChI is InChI=1S/C20H28N4O2/c25-19(16-4-6-18(7-5-16)24-15-10-21-20(24)26)23-13-8-17(9-14-23)22-11-2-1-3-12-22/h4-7,17H,1-3,8-15H2,(H,21,26). The van der Waals surface area contributed by atoms with Crippen molar-refractivity contribution in [2.45, 2.75) is 38.1 Å². The average Bonchev–Trinajstić information content (AvgIpc) is 3.14. The molecule has 0 unspecified atom stereocenters. The minimum absolute atomic E-state index is 0.0659. The second-order valence-corrected chi connectivity index (χ2v) is 7.55. The highest BCUT2D eigenvalue weighted by Crippen LogP contribution is 2.23. The van der Waals surface area contributed by atoms with E-state index in [0.717, 1.165) is 31.6 Å². The number of anilines is 1. The summed E-state index contributed by atoms with van der Waals surface area (Å²) in [4.78, 5) is 30.9. The molecule has 6 nitrogen and oxygen atoms in total. The zero-order chi connectivity index (χ0) is 17.9. The van der Waals surface area contributed by atoms with Crippen molar-refractivity contribution in [1.82, 2.24) is 15.1 Å². The van der Waals surface area contributed by atoms with Gasteiger partial charge in [0.05, 0.1) is 0 Å². The summed E-state index contributed by atoms with van der Waals surface area (Å²) >= 11 is 0. The van der Waals surface area contributed by atoms with Gasteiger partial charge in [-0.25, -0.2) is 4.79 Å². The number of benzene rings is 1. The van der Waals surface area contributed by atoms with Crippen LogP contribution in [0.1, 0.15) is 42.5 Å². The minimum Gasteiger partial charge on any atom is -0.339 e. The number of hydrogen-bond donors (Lipinski definition) is 1. The van der Waals surface area contributed by atoms with Crippen LogP contribution in [0.5, 0.6) is 0 Å². The first kappa shape index (κ1) is 17.3. The summed E-state index contributed by atoms with van der Waals surface area (Å²) in [5.74, 6) is 0.111. The number of carbonyl (C=O) groups is 2. The zero-order valence-electron chi connectivity index (χ0n) is 15.3. The number of piperidine rings is 2. The molecule has 0 atom stereocenters. The van der Waals surface area contributed by atoms with E-state index < -0.39 is 0 Å². The molecule has 1 aromatic rings. The van der Waals surface area contributed by atoms with Gasteiger partial charge >= 0.3 is 6.03 Å². The van der Waals surface area contributed by atoms with Gasteiger partial charge in [0, 0.05) is 43.5 Å². The van der Waals surface area contributed by atoms with Crippen LogP contribution in [-0.2, 0) is 0 Å². The zero-order valence-corrected chi connectivity index (χ0v) is 15.3. The predicted molar refractivity (Wildman–Crippen MR) is 102 cm³/mol. The van der Waals surface area contributed by atoms with Crippen LogP contribution in [0.2, 0.25) is 0 Å². The Hall–Kier alpha value is -2.08. The topological polar surface area (TPSA) is 55.9 Å². The number of hydrogen-bond acceptors (Lipinski definition) is 3. The van der Waals surface area contributed by atoms with Gasteiger partial charge in [-0.2, -0.15) is 0 Å². The Balaban J connectivity index is 1.34. The molecule has 1 N–H and O–H groups in total. The number of carbonyl (C=O) groups excluding carboxylic acids is 2. The average molecular weight is 356 g/mol. The first-order chi connectivity index (χ1) is 12.7. The normalized spacial score (nSPS) is 22.5. The maximum atomic E-state index is 12.8. The quantitative estimate of drug-likeness (QED) is 0.904.